The third-order valence-corrected chi connectivity index (χ3v) is 4.86. The number of nitrogens with one attached hydrogen (secondary N) is 3. The maximum Gasteiger partial charge on any atom is 0.275 e. The molecule has 1 aromatic carbocycles. The monoisotopic (exact) mass is 367 g/mol. The van der Waals surface area contributed by atoms with Gasteiger partial charge in [0, 0.05) is 28.4 Å². The van der Waals surface area contributed by atoms with E-state index in [-0.39, 0.29) is 18.0 Å². The van der Waals surface area contributed by atoms with Gasteiger partial charge >= 0.3 is 0 Å². The summed E-state index contributed by atoms with van der Waals surface area (Å²) in [6.07, 6.45) is 5.43. The molecule has 0 spiro atoms. The molecule has 3 rings (SSSR count). The highest BCUT2D eigenvalue weighted by molar-refractivity contribution is 6.18. The Morgan fingerprint density at radius 1 is 1.44 bits per heavy atom. The summed E-state index contributed by atoms with van der Waals surface area (Å²) < 4.78 is 0. The summed E-state index contributed by atoms with van der Waals surface area (Å²) in [5.41, 5.74) is 12.7. The van der Waals surface area contributed by atoms with Gasteiger partial charge in [-0.2, -0.15) is 0 Å². The topological polar surface area (TPSA) is 105 Å². The van der Waals surface area contributed by atoms with Crippen molar-refractivity contribution < 1.29 is 9.63 Å². The molecule has 7 heteroatoms. The number of nitrogens with two attached hydrogens (primary N) is 1. The molecule has 0 saturated heterocycles. The molecule has 5 N–H and O–H groups in total. The molecule has 0 bridgehead atoms. The highest BCUT2D eigenvalue weighted by Gasteiger charge is 2.25. The van der Waals surface area contributed by atoms with Gasteiger partial charge in [0.15, 0.2) is 0 Å². The van der Waals surface area contributed by atoms with E-state index in [9.17, 15) is 4.79 Å². The Morgan fingerprint density at radius 3 is 2.89 bits per heavy atom. The van der Waals surface area contributed by atoms with E-state index < -0.39 is 0 Å². The molecule has 2 atom stereocenters. The molecule has 0 aliphatic rings. The van der Waals surface area contributed by atoms with E-state index in [0.717, 1.165) is 33.1 Å². The minimum absolute atomic E-state index is 0.0992. The van der Waals surface area contributed by atoms with Crippen molar-refractivity contribution >= 4 is 27.8 Å². The number of likely N-dealkylation sites (N-methyl/N-ethyl adjacent to an activating group) is 1. The Balaban J connectivity index is 2.38. The van der Waals surface area contributed by atoms with Crippen molar-refractivity contribution in [3.63, 3.8) is 0 Å². The van der Waals surface area contributed by atoms with Crippen LogP contribution in [0.3, 0.4) is 0 Å². The fourth-order valence-electron chi connectivity index (χ4n) is 3.59. The Hall–Kier alpha value is -2.74. The van der Waals surface area contributed by atoms with Crippen LogP contribution in [-0.4, -0.2) is 36.2 Å². The van der Waals surface area contributed by atoms with Crippen LogP contribution in [0.25, 0.3) is 21.9 Å². The molecular weight excluding hydrogens is 342 g/mol. The lowest BCUT2D eigenvalue weighted by Gasteiger charge is -2.24. The zero-order chi connectivity index (χ0) is 19.6. The Bertz CT molecular complexity index is 1010. The number of fused-ring (bicyclic) bond motifs is 3. The highest BCUT2D eigenvalue weighted by atomic mass is 16.6. The predicted octanol–water partition coefficient (Wildman–Crippen LogP) is 2.48. The van der Waals surface area contributed by atoms with Crippen LogP contribution >= 0.6 is 0 Å². The van der Waals surface area contributed by atoms with E-state index in [1.54, 1.807) is 6.20 Å². The quantitative estimate of drug-likeness (QED) is 0.304. The number of hydrogen-bond donors (Lipinski definition) is 4. The van der Waals surface area contributed by atoms with Crippen LogP contribution in [0.4, 0.5) is 0 Å². The van der Waals surface area contributed by atoms with Gasteiger partial charge in [-0.05, 0) is 50.2 Å². The van der Waals surface area contributed by atoms with Crippen LogP contribution < -0.4 is 16.5 Å². The number of H-pyrrole nitrogens is 1. The fourth-order valence-corrected chi connectivity index (χ4v) is 3.59. The van der Waals surface area contributed by atoms with E-state index >= 15 is 0 Å². The number of benzene rings is 1. The van der Waals surface area contributed by atoms with Crippen molar-refractivity contribution in [3.05, 3.63) is 53.2 Å². The summed E-state index contributed by atoms with van der Waals surface area (Å²) in [6.45, 7) is 3.89. The molecule has 0 radical (unpaired) electrons. The number of hydroxylamine groups is 1. The van der Waals surface area contributed by atoms with Gasteiger partial charge in [0.1, 0.15) is 5.65 Å². The van der Waals surface area contributed by atoms with Crippen LogP contribution in [-0.2, 0) is 4.84 Å². The average molecular weight is 367 g/mol. The van der Waals surface area contributed by atoms with Gasteiger partial charge in [-0.15, -0.1) is 0 Å². The van der Waals surface area contributed by atoms with Gasteiger partial charge in [0.2, 0.25) is 0 Å². The lowest BCUT2D eigenvalue weighted by atomic mass is 9.87. The first-order valence-electron chi connectivity index (χ1n) is 8.82. The summed E-state index contributed by atoms with van der Waals surface area (Å²) in [4.78, 5) is 25.5. The van der Waals surface area contributed by atoms with Crippen molar-refractivity contribution in [3.8, 4) is 0 Å². The van der Waals surface area contributed by atoms with Crippen LogP contribution in [0.5, 0.6) is 0 Å². The van der Waals surface area contributed by atoms with Crippen LogP contribution in [0.1, 0.15) is 34.3 Å². The van der Waals surface area contributed by atoms with Gasteiger partial charge in [0.25, 0.3) is 5.91 Å². The van der Waals surface area contributed by atoms with Crippen molar-refractivity contribution in [2.45, 2.75) is 25.9 Å². The maximum atomic E-state index is 12.9. The molecule has 2 unspecified atom stereocenters. The number of rotatable bonds is 6. The number of amides is 1. The summed E-state index contributed by atoms with van der Waals surface area (Å²) in [7, 11) is 3.24. The molecule has 0 aliphatic heterocycles. The molecule has 1 amide bonds. The Morgan fingerprint density at radius 2 is 2.22 bits per heavy atom. The normalized spacial score (nSPS) is 14.1. The minimum atomic E-state index is -0.302. The molecule has 0 fully saturated rings. The minimum Gasteiger partial charge on any atom is -0.339 e. The molecular formula is C20H25N5O2. The Labute approximate surface area is 157 Å². The number of aromatic nitrogens is 2. The number of pyridine rings is 1. The molecule has 27 heavy (non-hydrogen) atoms. The number of carbonyl (C=O) groups excluding carboxylic acids is 1. The summed E-state index contributed by atoms with van der Waals surface area (Å²) >= 11 is 0. The van der Waals surface area contributed by atoms with E-state index in [4.69, 9.17) is 10.6 Å². The molecule has 0 saturated carbocycles. The fraction of sp³-hybridized carbons (Fsp3) is 0.300. The number of nitrogens with zero attached hydrogens (tertiary/aromatic N) is 1. The lowest BCUT2D eigenvalue weighted by Crippen LogP contribution is -2.40. The molecule has 7 nitrogen and oxygen atoms in total. The van der Waals surface area contributed by atoms with Crippen molar-refractivity contribution in [2.24, 2.45) is 5.73 Å². The van der Waals surface area contributed by atoms with Gasteiger partial charge in [-0.1, -0.05) is 12.2 Å². The number of hydrogen-bond acceptors (Lipinski definition) is 5. The van der Waals surface area contributed by atoms with E-state index in [1.807, 2.05) is 45.2 Å². The van der Waals surface area contributed by atoms with Gasteiger partial charge in [-0.3, -0.25) is 9.63 Å². The van der Waals surface area contributed by atoms with E-state index in [0.29, 0.717) is 5.56 Å². The highest BCUT2D eigenvalue weighted by Crippen LogP contribution is 2.35. The molecule has 0 aliphatic carbocycles. The number of aromatic amines is 1. The number of allylic oxidation sites excluding steroid dienone is 1. The first kappa shape index (κ1) is 19.0. The zero-order valence-electron chi connectivity index (χ0n) is 16.0. The SMILES string of the molecule is C/C=C\C(c1cc2[nH]c3ncccc3c2c(C(=O)NOC)c1C)C(N)NC. The average Bonchev–Trinajstić information content (AvgIpc) is 3.03. The van der Waals surface area contributed by atoms with Gasteiger partial charge in [-0.25, -0.2) is 10.5 Å². The van der Waals surface area contributed by atoms with E-state index in [1.165, 1.54) is 7.11 Å². The molecule has 2 aromatic heterocycles. The van der Waals surface area contributed by atoms with Crippen molar-refractivity contribution in [1.82, 2.24) is 20.8 Å². The van der Waals surface area contributed by atoms with Gasteiger partial charge in [0.05, 0.1) is 18.8 Å². The first-order valence-corrected chi connectivity index (χ1v) is 8.82. The second-order valence-electron chi connectivity index (χ2n) is 6.41. The summed E-state index contributed by atoms with van der Waals surface area (Å²) in [5.74, 6) is -0.401. The number of carbonyl (C=O) groups is 1. The third kappa shape index (κ3) is 3.32. The largest absolute Gasteiger partial charge is 0.339 e. The molecule has 142 valence electrons. The van der Waals surface area contributed by atoms with Crippen LogP contribution in [0.2, 0.25) is 0 Å². The molecule has 3 aromatic rings. The third-order valence-electron chi connectivity index (χ3n) is 4.86. The van der Waals surface area contributed by atoms with Gasteiger partial charge < -0.3 is 16.0 Å². The molecule has 2 heterocycles. The standard InChI is InChI=1S/C20H25N5O2/c1-5-7-12(18(21)22-3)14-10-15-17(13-8-6-9-23-19(13)24-15)16(11(14)2)20(26)25-27-4/h5-10,12,18,22H,21H2,1-4H3,(H,23,24)(H,25,26)/b7-5-. The van der Waals surface area contributed by atoms with Crippen LogP contribution in [0.15, 0.2) is 36.5 Å². The summed E-state index contributed by atoms with van der Waals surface area (Å²) in [6, 6.07) is 5.86. The van der Waals surface area contributed by atoms with E-state index in [2.05, 4.69) is 26.8 Å². The second kappa shape index (κ2) is 7.87. The first-order chi connectivity index (χ1) is 13.0. The lowest BCUT2D eigenvalue weighted by molar-refractivity contribution is 0.0538. The smallest absolute Gasteiger partial charge is 0.275 e. The van der Waals surface area contributed by atoms with Crippen molar-refractivity contribution in [2.75, 3.05) is 14.2 Å². The second-order valence-corrected chi connectivity index (χ2v) is 6.41. The maximum absolute atomic E-state index is 12.9. The predicted molar refractivity (Wildman–Crippen MR) is 107 cm³/mol. The van der Waals surface area contributed by atoms with Crippen LogP contribution in [0, 0.1) is 6.92 Å². The summed E-state index contributed by atoms with van der Waals surface area (Å²) in [5, 5.41) is 4.82. The van der Waals surface area contributed by atoms with Crippen molar-refractivity contribution in [1.29, 1.82) is 0 Å². The Kier molecular flexibility index (Phi) is 5.55. The zero-order valence-corrected chi connectivity index (χ0v) is 16.0.